The lowest BCUT2D eigenvalue weighted by Gasteiger charge is -2.22. The molecule has 0 aliphatic rings. The summed E-state index contributed by atoms with van der Waals surface area (Å²) in [5, 5.41) is 8.16. The Morgan fingerprint density at radius 1 is 0.905 bits per heavy atom. The highest BCUT2D eigenvalue weighted by atomic mass is 35.5. The fourth-order valence-corrected chi connectivity index (χ4v) is 2.20. The van der Waals surface area contributed by atoms with Crippen LogP contribution < -0.4 is 10.6 Å². The third-order valence-corrected chi connectivity index (χ3v) is 3.50. The molecule has 2 nitrogen and oxygen atoms in total. The maximum atomic E-state index is 6.20. The van der Waals surface area contributed by atoms with E-state index in [4.69, 9.17) is 23.2 Å². The van der Waals surface area contributed by atoms with Crippen molar-refractivity contribution < 1.29 is 0 Å². The molecule has 0 unspecified atom stereocenters. The van der Waals surface area contributed by atoms with E-state index in [0.29, 0.717) is 10.0 Å². The fourth-order valence-electron chi connectivity index (χ4n) is 1.84. The number of hydrogen-bond acceptors (Lipinski definition) is 2. The molecule has 2 aromatic rings. The number of halogens is 2. The van der Waals surface area contributed by atoms with Gasteiger partial charge in [-0.2, -0.15) is 0 Å². The van der Waals surface area contributed by atoms with Crippen LogP contribution in [0.15, 0.2) is 42.5 Å². The summed E-state index contributed by atoms with van der Waals surface area (Å²) in [6.45, 7) is 7.44. The van der Waals surface area contributed by atoms with Crippen LogP contribution in [0.5, 0.6) is 0 Å². The topological polar surface area (TPSA) is 24.1 Å². The van der Waals surface area contributed by atoms with Gasteiger partial charge in [0.15, 0.2) is 0 Å². The highest BCUT2D eigenvalue weighted by molar-refractivity contribution is 6.33. The molecule has 0 saturated heterocycles. The van der Waals surface area contributed by atoms with Gasteiger partial charge in [-0.25, -0.2) is 0 Å². The molecule has 0 aliphatic heterocycles. The zero-order chi connectivity index (χ0) is 15.5. The summed E-state index contributed by atoms with van der Waals surface area (Å²) >= 11 is 12.3. The molecule has 0 atom stereocenters. The van der Waals surface area contributed by atoms with Gasteiger partial charge < -0.3 is 10.6 Å². The lowest BCUT2D eigenvalue weighted by molar-refractivity contribution is 0.443. The summed E-state index contributed by atoms with van der Waals surface area (Å²) in [4.78, 5) is 0. The van der Waals surface area contributed by atoms with Crippen LogP contribution in [0.2, 0.25) is 10.0 Å². The van der Waals surface area contributed by atoms with Gasteiger partial charge >= 0.3 is 0 Å². The summed E-state index contributed by atoms with van der Waals surface area (Å²) in [7, 11) is 0. The quantitative estimate of drug-likeness (QED) is 0.700. The molecule has 2 rings (SSSR count). The van der Waals surface area contributed by atoms with Crippen LogP contribution in [-0.4, -0.2) is 6.54 Å². The van der Waals surface area contributed by atoms with Gasteiger partial charge in [-0.15, -0.1) is 0 Å². The molecule has 0 fully saturated rings. The first-order chi connectivity index (χ1) is 9.85. The van der Waals surface area contributed by atoms with Crippen molar-refractivity contribution in [3.8, 4) is 0 Å². The first kappa shape index (κ1) is 16.0. The summed E-state index contributed by atoms with van der Waals surface area (Å²) in [5.41, 5.74) is 2.98. The SMILES string of the molecule is CC(C)(C)CNc1ccc(Cl)cc1Nc1ccccc1Cl. The molecule has 0 bridgehead atoms. The smallest absolute Gasteiger partial charge is 0.0640 e. The van der Waals surface area contributed by atoms with Crippen LogP contribution in [0.4, 0.5) is 17.1 Å². The third kappa shape index (κ3) is 4.83. The average Bonchev–Trinajstić information content (AvgIpc) is 2.39. The van der Waals surface area contributed by atoms with Crippen molar-refractivity contribution in [3.63, 3.8) is 0 Å². The summed E-state index contributed by atoms with van der Waals surface area (Å²) in [5.74, 6) is 0. The van der Waals surface area contributed by atoms with Crippen LogP contribution in [0.25, 0.3) is 0 Å². The Balaban J connectivity index is 2.25. The number of hydrogen-bond donors (Lipinski definition) is 2. The predicted molar refractivity (Wildman–Crippen MR) is 94.1 cm³/mol. The molecular formula is C17H20Cl2N2. The second-order valence-corrected chi connectivity index (χ2v) is 7.05. The zero-order valence-corrected chi connectivity index (χ0v) is 14.0. The molecule has 4 heteroatoms. The van der Waals surface area contributed by atoms with Crippen molar-refractivity contribution in [2.24, 2.45) is 5.41 Å². The van der Waals surface area contributed by atoms with Crippen molar-refractivity contribution in [3.05, 3.63) is 52.5 Å². The number of benzene rings is 2. The van der Waals surface area contributed by atoms with Crippen molar-refractivity contribution in [2.45, 2.75) is 20.8 Å². The van der Waals surface area contributed by atoms with E-state index in [1.807, 2.05) is 42.5 Å². The van der Waals surface area contributed by atoms with E-state index in [1.165, 1.54) is 0 Å². The van der Waals surface area contributed by atoms with E-state index < -0.39 is 0 Å². The maximum Gasteiger partial charge on any atom is 0.0640 e. The van der Waals surface area contributed by atoms with Gasteiger partial charge in [0.2, 0.25) is 0 Å². The Morgan fingerprint density at radius 2 is 1.62 bits per heavy atom. The Kier molecular flexibility index (Phi) is 5.02. The molecule has 0 aromatic heterocycles. The van der Waals surface area contributed by atoms with E-state index in [0.717, 1.165) is 23.6 Å². The van der Waals surface area contributed by atoms with Crippen LogP contribution >= 0.6 is 23.2 Å². The normalized spacial score (nSPS) is 11.3. The van der Waals surface area contributed by atoms with Gasteiger partial charge in [0.25, 0.3) is 0 Å². The van der Waals surface area contributed by atoms with Crippen LogP contribution in [0.3, 0.4) is 0 Å². The van der Waals surface area contributed by atoms with Crippen molar-refractivity contribution in [1.82, 2.24) is 0 Å². The molecular weight excluding hydrogens is 303 g/mol. The predicted octanol–water partition coefficient (Wildman–Crippen LogP) is 6.20. The summed E-state index contributed by atoms with van der Waals surface area (Å²) in [6, 6.07) is 13.4. The minimum Gasteiger partial charge on any atom is -0.383 e. The van der Waals surface area contributed by atoms with E-state index in [2.05, 4.69) is 31.4 Å². The highest BCUT2D eigenvalue weighted by Crippen LogP contribution is 2.32. The van der Waals surface area contributed by atoms with E-state index in [-0.39, 0.29) is 5.41 Å². The van der Waals surface area contributed by atoms with E-state index in [9.17, 15) is 0 Å². The molecule has 0 saturated carbocycles. The number of para-hydroxylation sites is 1. The molecule has 21 heavy (non-hydrogen) atoms. The molecule has 112 valence electrons. The molecule has 0 radical (unpaired) electrons. The molecule has 0 amide bonds. The standard InChI is InChI=1S/C17H20Cl2N2/c1-17(2,3)11-20-15-9-8-12(18)10-16(15)21-14-7-5-4-6-13(14)19/h4-10,20-21H,11H2,1-3H3. The Morgan fingerprint density at radius 3 is 2.29 bits per heavy atom. The van der Waals surface area contributed by atoms with Crippen LogP contribution in [0, 0.1) is 5.41 Å². The summed E-state index contributed by atoms with van der Waals surface area (Å²) < 4.78 is 0. The molecule has 0 spiro atoms. The molecule has 2 N–H and O–H groups in total. The largest absolute Gasteiger partial charge is 0.383 e. The third-order valence-electron chi connectivity index (χ3n) is 2.93. The number of anilines is 3. The van der Waals surface area contributed by atoms with Crippen LogP contribution in [0.1, 0.15) is 20.8 Å². The lowest BCUT2D eigenvalue weighted by atomic mass is 9.97. The van der Waals surface area contributed by atoms with Gasteiger partial charge in [0, 0.05) is 11.6 Å². The van der Waals surface area contributed by atoms with Gasteiger partial charge in [-0.1, -0.05) is 56.1 Å². The molecule has 0 aliphatic carbocycles. The minimum atomic E-state index is 0.196. The Bertz CT molecular complexity index is 618. The van der Waals surface area contributed by atoms with Crippen LogP contribution in [-0.2, 0) is 0 Å². The van der Waals surface area contributed by atoms with Gasteiger partial charge in [-0.3, -0.25) is 0 Å². The van der Waals surface area contributed by atoms with Crippen molar-refractivity contribution in [2.75, 3.05) is 17.2 Å². The Labute approximate surface area is 136 Å². The fraction of sp³-hybridized carbons (Fsp3) is 0.294. The maximum absolute atomic E-state index is 6.20. The number of nitrogens with one attached hydrogen (secondary N) is 2. The van der Waals surface area contributed by atoms with Crippen molar-refractivity contribution >= 4 is 40.3 Å². The second-order valence-electron chi connectivity index (χ2n) is 6.21. The van der Waals surface area contributed by atoms with E-state index in [1.54, 1.807) is 0 Å². The van der Waals surface area contributed by atoms with Gasteiger partial charge in [-0.05, 0) is 35.7 Å². The number of rotatable bonds is 4. The lowest BCUT2D eigenvalue weighted by Crippen LogP contribution is -2.19. The van der Waals surface area contributed by atoms with E-state index >= 15 is 0 Å². The first-order valence-corrected chi connectivity index (χ1v) is 7.66. The average molecular weight is 323 g/mol. The second kappa shape index (κ2) is 6.59. The summed E-state index contributed by atoms with van der Waals surface area (Å²) in [6.07, 6.45) is 0. The Hall–Kier alpha value is -1.38. The first-order valence-electron chi connectivity index (χ1n) is 6.90. The zero-order valence-electron chi connectivity index (χ0n) is 12.5. The van der Waals surface area contributed by atoms with Crippen molar-refractivity contribution in [1.29, 1.82) is 0 Å². The molecule has 0 heterocycles. The monoisotopic (exact) mass is 322 g/mol. The highest BCUT2D eigenvalue weighted by Gasteiger charge is 2.12. The van der Waals surface area contributed by atoms with Gasteiger partial charge in [0.05, 0.1) is 22.1 Å². The minimum absolute atomic E-state index is 0.196. The molecule has 2 aromatic carbocycles. The van der Waals surface area contributed by atoms with Gasteiger partial charge in [0.1, 0.15) is 0 Å².